The number of aryl methyl sites for hydroxylation is 1. The smallest absolute Gasteiger partial charge is 0.263 e. The van der Waals surface area contributed by atoms with Crippen LogP contribution in [0.2, 0.25) is 5.02 Å². The molecule has 0 unspecified atom stereocenters. The summed E-state index contributed by atoms with van der Waals surface area (Å²) in [5.41, 5.74) is 1.09. The van der Waals surface area contributed by atoms with E-state index >= 15 is 0 Å². The van der Waals surface area contributed by atoms with E-state index in [0.717, 1.165) is 31.4 Å². The molecular weight excluding hydrogens is 462 g/mol. The summed E-state index contributed by atoms with van der Waals surface area (Å²) in [5.74, 6) is -0.357. The number of amides is 1. The normalized spacial score (nSPS) is 19.2. The molecule has 1 saturated carbocycles. The monoisotopic (exact) mass is 493 g/mol. The van der Waals surface area contributed by atoms with E-state index < -0.39 is 10.0 Å². The molecule has 8 nitrogen and oxygen atoms in total. The number of halogens is 1. The number of sulfonamides is 1. The average molecular weight is 494 g/mol. The number of hydrogen-bond donors (Lipinski definition) is 1. The predicted octanol–water partition coefficient (Wildman–Crippen LogP) is 3.43. The molecule has 0 radical (unpaired) electrons. The summed E-state index contributed by atoms with van der Waals surface area (Å²) in [6.07, 6.45) is 9.14. The minimum Gasteiger partial charge on any atom is -0.369 e. The molecule has 1 saturated heterocycles. The van der Waals surface area contributed by atoms with Gasteiger partial charge in [0.25, 0.3) is 15.9 Å². The van der Waals surface area contributed by atoms with Crippen molar-refractivity contribution in [3.63, 3.8) is 0 Å². The van der Waals surface area contributed by atoms with E-state index in [9.17, 15) is 13.2 Å². The highest BCUT2D eigenvalue weighted by Crippen LogP contribution is 2.25. The zero-order valence-electron chi connectivity index (χ0n) is 19.0. The number of benzene rings is 1. The fourth-order valence-corrected chi connectivity index (χ4v) is 6.39. The van der Waals surface area contributed by atoms with Crippen LogP contribution < -0.4 is 10.2 Å². The summed E-state index contributed by atoms with van der Waals surface area (Å²) >= 11 is 6.10. The highest BCUT2D eigenvalue weighted by atomic mass is 35.5. The van der Waals surface area contributed by atoms with Crippen LogP contribution in [0, 0.1) is 0 Å². The summed E-state index contributed by atoms with van der Waals surface area (Å²) in [6.45, 7) is 1.70. The van der Waals surface area contributed by atoms with Gasteiger partial charge < -0.3 is 10.2 Å². The second kappa shape index (κ2) is 10.4. The van der Waals surface area contributed by atoms with Crippen LogP contribution in [0.25, 0.3) is 0 Å². The average Bonchev–Trinajstić information content (AvgIpc) is 3.18. The molecule has 1 aliphatic heterocycles. The Balaban J connectivity index is 1.46. The fourth-order valence-electron chi connectivity index (χ4n) is 4.66. The van der Waals surface area contributed by atoms with E-state index in [1.165, 1.54) is 34.4 Å². The highest BCUT2D eigenvalue weighted by molar-refractivity contribution is 7.89. The molecule has 2 aromatic rings. The van der Waals surface area contributed by atoms with Crippen molar-refractivity contribution in [2.45, 2.75) is 56.0 Å². The minimum absolute atomic E-state index is 0.0785. The first-order valence-corrected chi connectivity index (χ1v) is 13.5. The second-order valence-corrected chi connectivity index (χ2v) is 11.2. The van der Waals surface area contributed by atoms with Gasteiger partial charge in [0.2, 0.25) is 5.03 Å². The first-order valence-electron chi connectivity index (χ1n) is 11.7. The van der Waals surface area contributed by atoms with Crippen LogP contribution in [0.5, 0.6) is 0 Å². The Morgan fingerprint density at radius 3 is 2.39 bits per heavy atom. The highest BCUT2D eigenvalue weighted by Gasteiger charge is 2.35. The van der Waals surface area contributed by atoms with Gasteiger partial charge in [0.15, 0.2) is 0 Å². The zero-order valence-corrected chi connectivity index (χ0v) is 20.6. The van der Waals surface area contributed by atoms with E-state index in [0.29, 0.717) is 31.2 Å². The van der Waals surface area contributed by atoms with Crippen molar-refractivity contribution in [2.75, 3.05) is 31.1 Å². The van der Waals surface area contributed by atoms with E-state index in [1.807, 2.05) is 24.3 Å². The third kappa shape index (κ3) is 5.70. The molecule has 1 aromatic carbocycles. The Morgan fingerprint density at radius 2 is 1.73 bits per heavy atom. The number of nitrogens with zero attached hydrogens (tertiary/aromatic N) is 4. The van der Waals surface area contributed by atoms with Crippen molar-refractivity contribution in [1.29, 1.82) is 0 Å². The van der Waals surface area contributed by atoms with Crippen molar-refractivity contribution < 1.29 is 13.2 Å². The molecule has 0 atom stereocenters. The molecule has 0 bridgehead atoms. The topological polar surface area (TPSA) is 87.5 Å². The van der Waals surface area contributed by atoms with Crippen molar-refractivity contribution in [3.8, 4) is 0 Å². The molecule has 180 valence electrons. The number of aromatic nitrogens is 2. The van der Waals surface area contributed by atoms with Crippen LogP contribution in [0.4, 0.5) is 5.69 Å². The van der Waals surface area contributed by atoms with Gasteiger partial charge in [-0.15, -0.1) is 0 Å². The quantitative estimate of drug-likeness (QED) is 0.689. The number of nitrogens with one attached hydrogen (secondary N) is 1. The molecule has 2 aliphatic rings. The lowest BCUT2D eigenvalue weighted by atomic mass is 9.96. The standard InChI is InChI=1S/C23H32ClN5O3S/c1-27-17-21(22(30)25-19-9-5-3-2-4-6-10-19)23(26-27)33(31,32)29-14-12-28(13-15-29)20-11-7-8-18(24)16-20/h7-8,11,16-17,19H,2-6,9-10,12-15H2,1H3,(H,25,30). The Morgan fingerprint density at radius 1 is 1.06 bits per heavy atom. The maximum absolute atomic E-state index is 13.4. The van der Waals surface area contributed by atoms with Gasteiger partial charge in [-0.2, -0.15) is 9.40 Å². The molecular formula is C23H32ClN5O3S. The predicted molar refractivity (Wildman–Crippen MR) is 129 cm³/mol. The van der Waals surface area contributed by atoms with Crippen LogP contribution in [-0.4, -0.2) is 60.6 Å². The first kappa shape index (κ1) is 24.0. The minimum atomic E-state index is -3.90. The van der Waals surface area contributed by atoms with Gasteiger partial charge in [-0.25, -0.2) is 8.42 Å². The molecule has 1 aromatic heterocycles. The first-order chi connectivity index (χ1) is 15.8. The summed E-state index contributed by atoms with van der Waals surface area (Å²) in [4.78, 5) is 15.2. The largest absolute Gasteiger partial charge is 0.369 e. The van der Waals surface area contributed by atoms with Gasteiger partial charge in [-0.3, -0.25) is 9.48 Å². The lowest BCUT2D eigenvalue weighted by Crippen LogP contribution is -2.49. The van der Waals surface area contributed by atoms with Crippen LogP contribution in [0.15, 0.2) is 35.5 Å². The Hall–Kier alpha value is -2.10. The van der Waals surface area contributed by atoms with Gasteiger partial charge in [-0.1, -0.05) is 49.8 Å². The van der Waals surface area contributed by atoms with Crippen LogP contribution in [0.3, 0.4) is 0 Å². The second-order valence-electron chi connectivity index (χ2n) is 8.91. The molecule has 2 fully saturated rings. The summed E-state index contributed by atoms with van der Waals surface area (Å²) in [7, 11) is -2.26. The van der Waals surface area contributed by atoms with E-state index in [4.69, 9.17) is 11.6 Å². The Kier molecular flexibility index (Phi) is 7.61. The van der Waals surface area contributed by atoms with Crippen molar-refractivity contribution in [3.05, 3.63) is 41.0 Å². The van der Waals surface area contributed by atoms with Crippen LogP contribution in [0.1, 0.15) is 55.3 Å². The number of anilines is 1. The van der Waals surface area contributed by atoms with Gasteiger partial charge in [0.05, 0.1) is 5.56 Å². The Labute approximate surface area is 200 Å². The van der Waals surface area contributed by atoms with Crippen LogP contribution >= 0.6 is 11.6 Å². The van der Waals surface area contributed by atoms with E-state index in [1.54, 1.807) is 7.05 Å². The third-order valence-corrected chi connectivity index (χ3v) is 8.55. The number of rotatable bonds is 5. The van der Waals surface area contributed by atoms with Crippen molar-refractivity contribution in [1.82, 2.24) is 19.4 Å². The zero-order chi connectivity index (χ0) is 23.4. The molecule has 1 N–H and O–H groups in total. The molecule has 4 rings (SSSR count). The summed E-state index contributed by atoms with van der Waals surface area (Å²) < 4.78 is 29.7. The van der Waals surface area contributed by atoms with Crippen molar-refractivity contribution >= 4 is 33.2 Å². The number of hydrogen-bond acceptors (Lipinski definition) is 5. The third-order valence-electron chi connectivity index (χ3n) is 6.48. The van der Waals surface area contributed by atoms with Crippen molar-refractivity contribution in [2.24, 2.45) is 7.05 Å². The van der Waals surface area contributed by atoms with Gasteiger partial charge in [0.1, 0.15) is 0 Å². The summed E-state index contributed by atoms with van der Waals surface area (Å²) in [6, 6.07) is 7.62. The molecule has 2 heterocycles. The molecule has 10 heteroatoms. The van der Waals surface area contributed by atoms with Gasteiger partial charge in [0, 0.05) is 56.2 Å². The maximum atomic E-state index is 13.4. The molecule has 0 spiro atoms. The van der Waals surface area contributed by atoms with Crippen LogP contribution in [-0.2, 0) is 17.1 Å². The SMILES string of the molecule is Cn1cc(C(=O)NC2CCCCCCC2)c(S(=O)(=O)N2CCN(c3cccc(Cl)c3)CC2)n1. The maximum Gasteiger partial charge on any atom is 0.263 e. The van der Waals surface area contributed by atoms with E-state index in [-0.39, 0.29) is 22.5 Å². The van der Waals surface area contributed by atoms with Gasteiger partial charge >= 0.3 is 0 Å². The number of piperazine rings is 1. The Bertz CT molecular complexity index is 1070. The fraction of sp³-hybridized carbons (Fsp3) is 0.565. The molecule has 33 heavy (non-hydrogen) atoms. The lowest BCUT2D eigenvalue weighted by molar-refractivity contribution is 0.0927. The number of carbonyl (C=O) groups is 1. The number of carbonyl (C=O) groups excluding carboxylic acids is 1. The molecule has 1 amide bonds. The molecule has 1 aliphatic carbocycles. The summed E-state index contributed by atoms with van der Waals surface area (Å²) in [5, 5.41) is 7.75. The lowest BCUT2D eigenvalue weighted by Gasteiger charge is -2.35. The van der Waals surface area contributed by atoms with Gasteiger partial charge in [-0.05, 0) is 31.0 Å². The van der Waals surface area contributed by atoms with E-state index in [2.05, 4.69) is 15.3 Å².